The van der Waals surface area contributed by atoms with Crippen LogP contribution < -0.4 is 5.73 Å². The SMILES string of the molecule is Nc1cnccc1SCc1ccn(-c2ccccc2)n1. The normalized spacial score (nSPS) is 10.6. The van der Waals surface area contributed by atoms with E-state index < -0.39 is 0 Å². The van der Waals surface area contributed by atoms with Crippen molar-refractivity contribution in [2.45, 2.75) is 10.6 Å². The molecule has 2 aromatic heterocycles. The van der Waals surface area contributed by atoms with Crippen molar-refractivity contribution >= 4 is 17.4 Å². The highest BCUT2D eigenvalue weighted by Gasteiger charge is 2.04. The zero-order valence-electron chi connectivity index (χ0n) is 10.8. The highest BCUT2D eigenvalue weighted by Crippen LogP contribution is 2.26. The Labute approximate surface area is 121 Å². The van der Waals surface area contributed by atoms with Crippen LogP contribution in [-0.2, 0) is 5.75 Å². The van der Waals surface area contributed by atoms with Gasteiger partial charge in [-0.15, -0.1) is 11.8 Å². The maximum atomic E-state index is 5.87. The maximum absolute atomic E-state index is 5.87. The molecule has 0 bridgehead atoms. The fraction of sp³-hybridized carbons (Fsp3) is 0.0667. The minimum Gasteiger partial charge on any atom is -0.397 e. The minimum atomic E-state index is 0.708. The summed E-state index contributed by atoms with van der Waals surface area (Å²) in [5.74, 6) is 0.786. The molecule has 0 amide bonds. The lowest BCUT2D eigenvalue weighted by molar-refractivity contribution is 0.859. The zero-order chi connectivity index (χ0) is 13.8. The van der Waals surface area contributed by atoms with Crippen LogP contribution in [0.5, 0.6) is 0 Å². The summed E-state index contributed by atoms with van der Waals surface area (Å²) in [6.45, 7) is 0. The number of nitrogens with two attached hydrogens (primary N) is 1. The average molecular weight is 282 g/mol. The van der Waals surface area contributed by atoms with E-state index in [0.717, 1.165) is 22.0 Å². The molecule has 0 unspecified atom stereocenters. The molecule has 0 atom stereocenters. The van der Waals surface area contributed by atoms with Crippen LogP contribution in [-0.4, -0.2) is 14.8 Å². The number of pyridine rings is 1. The number of thioether (sulfide) groups is 1. The van der Waals surface area contributed by atoms with E-state index in [2.05, 4.69) is 10.1 Å². The van der Waals surface area contributed by atoms with E-state index in [9.17, 15) is 0 Å². The van der Waals surface area contributed by atoms with E-state index in [1.807, 2.05) is 53.3 Å². The molecule has 20 heavy (non-hydrogen) atoms. The van der Waals surface area contributed by atoms with Gasteiger partial charge in [0.25, 0.3) is 0 Å². The van der Waals surface area contributed by atoms with Gasteiger partial charge in [-0.05, 0) is 24.3 Å². The van der Waals surface area contributed by atoms with Crippen molar-refractivity contribution in [3.05, 3.63) is 66.7 Å². The number of anilines is 1. The third-order valence-corrected chi connectivity index (χ3v) is 3.97. The summed E-state index contributed by atoms with van der Waals surface area (Å²) in [7, 11) is 0. The van der Waals surface area contributed by atoms with Gasteiger partial charge in [0.15, 0.2) is 0 Å². The summed E-state index contributed by atoms with van der Waals surface area (Å²) in [6, 6.07) is 14.0. The third kappa shape index (κ3) is 2.83. The van der Waals surface area contributed by atoms with Gasteiger partial charge in [0.05, 0.1) is 23.3 Å². The molecule has 100 valence electrons. The molecule has 0 saturated carbocycles. The summed E-state index contributed by atoms with van der Waals surface area (Å²) in [5.41, 5.74) is 8.67. The van der Waals surface area contributed by atoms with E-state index in [1.54, 1.807) is 24.2 Å². The van der Waals surface area contributed by atoms with Gasteiger partial charge in [-0.25, -0.2) is 4.68 Å². The van der Waals surface area contributed by atoms with Crippen molar-refractivity contribution in [1.82, 2.24) is 14.8 Å². The van der Waals surface area contributed by atoms with E-state index in [0.29, 0.717) is 5.69 Å². The summed E-state index contributed by atoms with van der Waals surface area (Å²) in [4.78, 5) is 5.02. The van der Waals surface area contributed by atoms with Crippen LogP contribution in [0.1, 0.15) is 5.69 Å². The quantitative estimate of drug-likeness (QED) is 0.747. The van der Waals surface area contributed by atoms with Gasteiger partial charge in [0.2, 0.25) is 0 Å². The summed E-state index contributed by atoms with van der Waals surface area (Å²) in [6.07, 6.45) is 5.40. The first-order valence-electron chi connectivity index (χ1n) is 6.25. The van der Waals surface area contributed by atoms with Crippen molar-refractivity contribution < 1.29 is 0 Å². The molecule has 3 rings (SSSR count). The number of nitrogens with zero attached hydrogens (tertiary/aromatic N) is 3. The Balaban J connectivity index is 1.71. The highest BCUT2D eigenvalue weighted by atomic mass is 32.2. The molecule has 4 nitrogen and oxygen atoms in total. The van der Waals surface area contributed by atoms with Gasteiger partial charge in [0.1, 0.15) is 0 Å². The summed E-state index contributed by atoms with van der Waals surface area (Å²) >= 11 is 1.67. The minimum absolute atomic E-state index is 0.708. The van der Waals surface area contributed by atoms with Crippen LogP contribution in [0.15, 0.2) is 66.0 Å². The summed E-state index contributed by atoms with van der Waals surface area (Å²) < 4.78 is 1.88. The fourth-order valence-corrected chi connectivity index (χ4v) is 2.67. The number of hydrogen-bond donors (Lipinski definition) is 1. The molecule has 5 heteroatoms. The molecule has 3 aromatic rings. The van der Waals surface area contributed by atoms with Crippen molar-refractivity contribution in [2.75, 3.05) is 5.73 Å². The maximum Gasteiger partial charge on any atom is 0.0731 e. The fourth-order valence-electron chi connectivity index (χ4n) is 1.84. The zero-order valence-corrected chi connectivity index (χ0v) is 11.6. The van der Waals surface area contributed by atoms with Gasteiger partial charge in [-0.1, -0.05) is 18.2 Å². The lowest BCUT2D eigenvalue weighted by atomic mass is 10.3. The van der Waals surface area contributed by atoms with Gasteiger partial charge >= 0.3 is 0 Å². The monoisotopic (exact) mass is 282 g/mol. The van der Waals surface area contributed by atoms with Gasteiger partial charge in [-0.2, -0.15) is 5.10 Å². The standard InChI is InChI=1S/C15H14N4S/c16-14-10-17-8-6-15(14)20-11-12-7-9-19(18-12)13-4-2-1-3-5-13/h1-10H,11,16H2. The number of benzene rings is 1. The van der Waals surface area contributed by atoms with Crippen LogP contribution in [0.3, 0.4) is 0 Å². The first kappa shape index (κ1) is 12.7. The lowest BCUT2D eigenvalue weighted by Gasteiger charge is -2.03. The van der Waals surface area contributed by atoms with Crippen LogP contribution in [0.25, 0.3) is 5.69 Å². The topological polar surface area (TPSA) is 56.7 Å². The van der Waals surface area contributed by atoms with Crippen molar-refractivity contribution in [3.63, 3.8) is 0 Å². The highest BCUT2D eigenvalue weighted by molar-refractivity contribution is 7.98. The number of aromatic nitrogens is 3. The first-order valence-corrected chi connectivity index (χ1v) is 7.24. The molecular weight excluding hydrogens is 268 g/mol. The molecular formula is C15H14N4S. The molecule has 0 aliphatic carbocycles. The molecule has 2 heterocycles. The molecule has 0 saturated heterocycles. The van der Waals surface area contributed by atoms with E-state index >= 15 is 0 Å². The molecule has 0 radical (unpaired) electrons. The molecule has 0 aliphatic rings. The Morgan fingerprint density at radius 3 is 2.75 bits per heavy atom. The molecule has 2 N–H and O–H groups in total. The number of rotatable bonds is 4. The number of nitrogen functional groups attached to an aromatic ring is 1. The van der Waals surface area contributed by atoms with E-state index in [4.69, 9.17) is 5.73 Å². The third-order valence-electron chi connectivity index (χ3n) is 2.85. The number of hydrogen-bond acceptors (Lipinski definition) is 4. The molecule has 0 aliphatic heterocycles. The Bertz CT molecular complexity index is 694. The molecule has 0 spiro atoms. The average Bonchev–Trinajstić information content (AvgIpc) is 2.96. The van der Waals surface area contributed by atoms with Crippen LogP contribution in [0.2, 0.25) is 0 Å². The molecule has 1 aromatic carbocycles. The Morgan fingerprint density at radius 1 is 1.10 bits per heavy atom. The second-order valence-corrected chi connectivity index (χ2v) is 5.31. The smallest absolute Gasteiger partial charge is 0.0731 e. The summed E-state index contributed by atoms with van der Waals surface area (Å²) in [5, 5.41) is 4.56. The number of para-hydroxylation sites is 1. The van der Waals surface area contributed by atoms with E-state index in [1.165, 1.54) is 0 Å². The van der Waals surface area contributed by atoms with E-state index in [-0.39, 0.29) is 0 Å². The first-order chi connectivity index (χ1) is 9.83. The van der Waals surface area contributed by atoms with Gasteiger partial charge in [0, 0.05) is 23.0 Å². The Kier molecular flexibility index (Phi) is 3.69. The van der Waals surface area contributed by atoms with Crippen molar-refractivity contribution in [2.24, 2.45) is 0 Å². The van der Waals surface area contributed by atoms with Crippen LogP contribution in [0, 0.1) is 0 Å². The Hall–Kier alpha value is -2.27. The Morgan fingerprint density at radius 2 is 1.95 bits per heavy atom. The predicted octanol–water partition coefficient (Wildman–Crippen LogP) is 3.14. The van der Waals surface area contributed by atoms with Gasteiger partial charge in [-0.3, -0.25) is 4.98 Å². The predicted molar refractivity (Wildman–Crippen MR) is 81.8 cm³/mol. The van der Waals surface area contributed by atoms with Gasteiger partial charge < -0.3 is 5.73 Å². The second kappa shape index (κ2) is 5.79. The van der Waals surface area contributed by atoms with Crippen LogP contribution in [0.4, 0.5) is 5.69 Å². The van der Waals surface area contributed by atoms with Crippen molar-refractivity contribution in [1.29, 1.82) is 0 Å². The lowest BCUT2D eigenvalue weighted by Crippen LogP contribution is -1.95. The molecule has 0 fully saturated rings. The van der Waals surface area contributed by atoms with Crippen molar-refractivity contribution in [3.8, 4) is 5.69 Å². The second-order valence-electron chi connectivity index (χ2n) is 4.29. The largest absolute Gasteiger partial charge is 0.397 e. The van der Waals surface area contributed by atoms with Crippen LogP contribution >= 0.6 is 11.8 Å².